The summed E-state index contributed by atoms with van der Waals surface area (Å²) >= 11 is 0. The number of hydrogen-bond acceptors (Lipinski definition) is 3. The van der Waals surface area contributed by atoms with Crippen LogP contribution in [0.5, 0.6) is 0 Å². The summed E-state index contributed by atoms with van der Waals surface area (Å²) in [5.74, 6) is -0.188. The van der Waals surface area contributed by atoms with Crippen LogP contribution in [0, 0.1) is 5.82 Å². The Bertz CT molecular complexity index is 564. The van der Waals surface area contributed by atoms with Crippen molar-refractivity contribution in [1.29, 1.82) is 0 Å². The molecule has 1 aromatic carbocycles. The van der Waals surface area contributed by atoms with E-state index in [0.29, 0.717) is 12.1 Å². The Hall–Kier alpha value is -1.88. The average Bonchev–Trinajstić information content (AvgIpc) is 3.10. The summed E-state index contributed by atoms with van der Waals surface area (Å²) in [5, 5.41) is 7.48. The van der Waals surface area contributed by atoms with Crippen molar-refractivity contribution < 1.29 is 9.13 Å². The zero-order valence-electron chi connectivity index (χ0n) is 11.3. The molecule has 1 aliphatic rings. The van der Waals surface area contributed by atoms with E-state index in [4.69, 9.17) is 4.74 Å². The molecule has 2 aromatic rings. The zero-order valence-corrected chi connectivity index (χ0v) is 11.3. The summed E-state index contributed by atoms with van der Waals surface area (Å²) in [6.45, 7) is 2.09. The van der Waals surface area contributed by atoms with Crippen molar-refractivity contribution >= 4 is 5.69 Å². The van der Waals surface area contributed by atoms with Gasteiger partial charge in [-0.05, 0) is 18.9 Å². The number of benzene rings is 1. The molecule has 1 N–H and O–H groups in total. The average molecular weight is 275 g/mol. The van der Waals surface area contributed by atoms with E-state index in [9.17, 15) is 4.39 Å². The number of ether oxygens (including phenoxy) is 1. The van der Waals surface area contributed by atoms with Crippen molar-refractivity contribution in [3.8, 4) is 0 Å². The molecule has 1 aromatic heterocycles. The van der Waals surface area contributed by atoms with Gasteiger partial charge in [-0.2, -0.15) is 5.10 Å². The maximum Gasteiger partial charge on any atom is 0.128 e. The number of anilines is 1. The van der Waals surface area contributed by atoms with Gasteiger partial charge in [0.15, 0.2) is 0 Å². The van der Waals surface area contributed by atoms with Crippen molar-refractivity contribution in [2.45, 2.75) is 32.0 Å². The molecule has 1 aliphatic heterocycles. The van der Waals surface area contributed by atoms with E-state index in [1.807, 2.05) is 16.9 Å². The van der Waals surface area contributed by atoms with Gasteiger partial charge in [-0.25, -0.2) is 4.39 Å². The molecule has 0 spiro atoms. The summed E-state index contributed by atoms with van der Waals surface area (Å²) in [7, 11) is 0. The lowest BCUT2D eigenvalue weighted by atomic mass is 10.2. The Balaban J connectivity index is 1.56. The summed E-state index contributed by atoms with van der Waals surface area (Å²) in [4.78, 5) is 0. The van der Waals surface area contributed by atoms with Crippen LogP contribution in [-0.2, 0) is 17.8 Å². The first-order valence-electron chi connectivity index (χ1n) is 6.92. The second-order valence-electron chi connectivity index (χ2n) is 5.03. The van der Waals surface area contributed by atoms with Gasteiger partial charge in [-0.15, -0.1) is 0 Å². The lowest BCUT2D eigenvalue weighted by Crippen LogP contribution is -2.15. The number of halogens is 1. The molecule has 20 heavy (non-hydrogen) atoms. The van der Waals surface area contributed by atoms with Crippen molar-refractivity contribution in [3.05, 3.63) is 48.0 Å². The van der Waals surface area contributed by atoms with Gasteiger partial charge in [0.1, 0.15) is 5.82 Å². The van der Waals surface area contributed by atoms with Crippen LogP contribution >= 0.6 is 0 Å². The van der Waals surface area contributed by atoms with E-state index >= 15 is 0 Å². The third-order valence-electron chi connectivity index (χ3n) is 3.49. The Labute approximate surface area is 117 Å². The highest BCUT2D eigenvalue weighted by molar-refractivity contribution is 5.39. The Morgan fingerprint density at radius 3 is 3.10 bits per heavy atom. The normalized spacial score (nSPS) is 18.4. The Morgan fingerprint density at radius 1 is 1.40 bits per heavy atom. The first-order chi connectivity index (χ1) is 9.81. The third-order valence-corrected chi connectivity index (χ3v) is 3.49. The van der Waals surface area contributed by atoms with Crippen LogP contribution in [0.2, 0.25) is 0 Å². The lowest BCUT2D eigenvalue weighted by Gasteiger charge is -2.08. The van der Waals surface area contributed by atoms with Gasteiger partial charge >= 0.3 is 0 Å². The first-order valence-corrected chi connectivity index (χ1v) is 6.92. The van der Waals surface area contributed by atoms with Crippen LogP contribution in [0.1, 0.15) is 18.4 Å². The van der Waals surface area contributed by atoms with Crippen molar-refractivity contribution in [2.75, 3.05) is 11.9 Å². The lowest BCUT2D eigenvalue weighted by molar-refractivity contribution is 0.0940. The standard InChI is InChI=1S/C15H18FN3O/c16-15-6-2-1-4-12(15)8-17-13-9-18-19(10-13)11-14-5-3-7-20-14/h1-2,4,6,9-10,14,17H,3,5,7-8,11H2. The first kappa shape index (κ1) is 13.1. The topological polar surface area (TPSA) is 39.1 Å². The summed E-state index contributed by atoms with van der Waals surface area (Å²) in [5.41, 5.74) is 1.55. The van der Waals surface area contributed by atoms with Crippen LogP contribution in [0.15, 0.2) is 36.7 Å². The molecule has 0 radical (unpaired) electrons. The summed E-state index contributed by atoms with van der Waals surface area (Å²) in [6.07, 6.45) is 6.19. The molecule has 2 heterocycles. The summed E-state index contributed by atoms with van der Waals surface area (Å²) in [6, 6.07) is 6.77. The van der Waals surface area contributed by atoms with Gasteiger partial charge in [-0.3, -0.25) is 4.68 Å². The molecule has 1 saturated heterocycles. The molecule has 1 fully saturated rings. The van der Waals surface area contributed by atoms with E-state index < -0.39 is 0 Å². The number of rotatable bonds is 5. The fourth-order valence-corrected chi connectivity index (χ4v) is 2.39. The summed E-state index contributed by atoms with van der Waals surface area (Å²) < 4.78 is 20.9. The fourth-order valence-electron chi connectivity index (χ4n) is 2.39. The van der Waals surface area contributed by atoms with E-state index in [2.05, 4.69) is 10.4 Å². The molecular weight excluding hydrogens is 257 g/mol. The van der Waals surface area contributed by atoms with Gasteiger partial charge in [0, 0.05) is 24.9 Å². The molecule has 0 bridgehead atoms. The molecule has 5 heteroatoms. The zero-order chi connectivity index (χ0) is 13.8. The highest BCUT2D eigenvalue weighted by atomic mass is 19.1. The van der Waals surface area contributed by atoms with Gasteiger partial charge < -0.3 is 10.1 Å². The van der Waals surface area contributed by atoms with Crippen molar-refractivity contribution in [3.63, 3.8) is 0 Å². The number of nitrogens with one attached hydrogen (secondary N) is 1. The smallest absolute Gasteiger partial charge is 0.128 e. The minimum Gasteiger partial charge on any atom is -0.378 e. The second-order valence-corrected chi connectivity index (χ2v) is 5.03. The molecule has 0 amide bonds. The van der Waals surface area contributed by atoms with Crippen LogP contribution in [0.4, 0.5) is 10.1 Å². The van der Waals surface area contributed by atoms with Crippen molar-refractivity contribution in [1.82, 2.24) is 9.78 Å². The van der Waals surface area contributed by atoms with Crippen LogP contribution in [0.25, 0.3) is 0 Å². The van der Waals surface area contributed by atoms with E-state index in [1.165, 1.54) is 6.07 Å². The molecule has 1 atom stereocenters. The van der Waals surface area contributed by atoms with Crippen LogP contribution in [0.3, 0.4) is 0 Å². The predicted octanol–water partition coefficient (Wildman–Crippen LogP) is 2.81. The Morgan fingerprint density at radius 2 is 2.30 bits per heavy atom. The number of nitrogens with zero attached hydrogens (tertiary/aromatic N) is 2. The molecule has 4 nitrogen and oxygen atoms in total. The van der Waals surface area contributed by atoms with Gasteiger partial charge in [0.2, 0.25) is 0 Å². The molecule has 106 valence electrons. The Kier molecular flexibility index (Phi) is 3.97. The maximum atomic E-state index is 13.5. The minimum atomic E-state index is -0.188. The molecule has 3 rings (SSSR count). The van der Waals surface area contributed by atoms with Crippen molar-refractivity contribution in [2.24, 2.45) is 0 Å². The van der Waals surface area contributed by atoms with Gasteiger partial charge in [-0.1, -0.05) is 18.2 Å². The number of aromatic nitrogens is 2. The minimum absolute atomic E-state index is 0.188. The van der Waals surface area contributed by atoms with Gasteiger partial charge in [0.05, 0.1) is 24.5 Å². The predicted molar refractivity (Wildman–Crippen MR) is 74.9 cm³/mol. The molecule has 0 saturated carbocycles. The highest BCUT2D eigenvalue weighted by Gasteiger charge is 2.16. The quantitative estimate of drug-likeness (QED) is 0.912. The third kappa shape index (κ3) is 3.17. The largest absolute Gasteiger partial charge is 0.378 e. The monoisotopic (exact) mass is 275 g/mol. The van der Waals surface area contributed by atoms with Gasteiger partial charge in [0.25, 0.3) is 0 Å². The van der Waals surface area contributed by atoms with E-state index in [-0.39, 0.29) is 11.9 Å². The highest BCUT2D eigenvalue weighted by Crippen LogP contribution is 2.15. The van der Waals surface area contributed by atoms with E-state index in [1.54, 1.807) is 18.3 Å². The SMILES string of the molecule is Fc1ccccc1CNc1cnn(CC2CCCO2)c1. The maximum absolute atomic E-state index is 13.5. The van der Waals surface area contributed by atoms with Crippen LogP contribution in [-0.4, -0.2) is 22.5 Å². The molecule has 1 unspecified atom stereocenters. The molecule has 0 aliphatic carbocycles. The van der Waals surface area contributed by atoms with E-state index in [0.717, 1.165) is 31.7 Å². The molecular formula is C15H18FN3O. The van der Waals surface area contributed by atoms with Crippen LogP contribution < -0.4 is 5.32 Å². The second kappa shape index (κ2) is 6.05. The number of hydrogen-bond donors (Lipinski definition) is 1. The fraction of sp³-hybridized carbons (Fsp3) is 0.400.